The molecule has 1 saturated heterocycles. The lowest BCUT2D eigenvalue weighted by Gasteiger charge is -2.17. The van der Waals surface area contributed by atoms with Crippen LogP contribution in [0.4, 0.5) is 0 Å². The molecule has 5 nitrogen and oxygen atoms in total. The molecule has 25 heavy (non-hydrogen) atoms. The summed E-state index contributed by atoms with van der Waals surface area (Å²) in [6, 6.07) is 16.1. The van der Waals surface area contributed by atoms with Gasteiger partial charge in [-0.25, -0.2) is 4.98 Å². The first-order valence-electron chi connectivity index (χ1n) is 8.73. The van der Waals surface area contributed by atoms with Crippen molar-refractivity contribution in [1.29, 1.82) is 0 Å². The molecule has 1 N–H and O–H groups in total. The van der Waals surface area contributed by atoms with Crippen molar-refractivity contribution in [1.82, 2.24) is 19.6 Å². The Morgan fingerprint density at radius 2 is 2.00 bits per heavy atom. The molecule has 2 aromatic heterocycles. The van der Waals surface area contributed by atoms with Crippen LogP contribution in [0, 0.1) is 0 Å². The van der Waals surface area contributed by atoms with Gasteiger partial charge in [-0.2, -0.15) is 0 Å². The third kappa shape index (κ3) is 3.03. The zero-order valence-electron chi connectivity index (χ0n) is 14.4. The van der Waals surface area contributed by atoms with Crippen LogP contribution in [0.5, 0.6) is 0 Å². The van der Waals surface area contributed by atoms with Gasteiger partial charge in [0, 0.05) is 12.7 Å². The van der Waals surface area contributed by atoms with Gasteiger partial charge in [0.25, 0.3) is 5.91 Å². The fraction of sp³-hybridized carbons (Fsp3) is 0.300. The number of aromatic nitrogens is 2. The van der Waals surface area contributed by atoms with E-state index in [-0.39, 0.29) is 11.9 Å². The summed E-state index contributed by atoms with van der Waals surface area (Å²) in [7, 11) is 2.12. The number of pyridine rings is 1. The molecule has 1 aliphatic heterocycles. The van der Waals surface area contributed by atoms with Crippen molar-refractivity contribution in [3.63, 3.8) is 0 Å². The van der Waals surface area contributed by atoms with Gasteiger partial charge in [0.05, 0.1) is 11.6 Å². The third-order valence-corrected chi connectivity index (χ3v) is 4.91. The van der Waals surface area contributed by atoms with Crippen LogP contribution >= 0.6 is 0 Å². The molecule has 0 radical (unpaired) electrons. The number of nitrogens with one attached hydrogen (secondary N) is 1. The largest absolute Gasteiger partial charge is 0.347 e. The highest BCUT2D eigenvalue weighted by Gasteiger charge is 2.28. The number of amides is 1. The van der Waals surface area contributed by atoms with Gasteiger partial charge in [0.15, 0.2) is 5.69 Å². The Balaban J connectivity index is 1.64. The zero-order valence-corrected chi connectivity index (χ0v) is 14.4. The Bertz CT molecular complexity index is 887. The molecule has 0 bridgehead atoms. The van der Waals surface area contributed by atoms with Gasteiger partial charge in [-0.3, -0.25) is 9.69 Å². The van der Waals surface area contributed by atoms with E-state index in [1.54, 1.807) is 0 Å². The summed E-state index contributed by atoms with van der Waals surface area (Å²) in [5, 5.41) is 2.99. The molecule has 3 aromatic rings. The minimum Gasteiger partial charge on any atom is -0.347 e. The first kappa shape index (κ1) is 15.8. The van der Waals surface area contributed by atoms with Crippen LogP contribution in [0.1, 0.15) is 40.8 Å². The molecule has 3 heterocycles. The highest BCUT2D eigenvalue weighted by molar-refractivity contribution is 5.99. The molecular formula is C20H22N4O. The molecule has 1 fully saturated rings. The van der Waals surface area contributed by atoms with E-state index in [0.29, 0.717) is 12.2 Å². The van der Waals surface area contributed by atoms with Crippen LogP contribution in [-0.4, -0.2) is 33.8 Å². The molecule has 4 rings (SSSR count). The summed E-state index contributed by atoms with van der Waals surface area (Å²) < 4.78 is 2.06. The Kier molecular flexibility index (Phi) is 4.24. The summed E-state index contributed by atoms with van der Waals surface area (Å²) in [5.74, 6) is 0.833. The minimum atomic E-state index is -0.126. The lowest BCUT2D eigenvalue weighted by molar-refractivity contribution is 0.0947. The third-order valence-electron chi connectivity index (χ3n) is 4.91. The fourth-order valence-corrected chi connectivity index (χ4v) is 3.56. The molecule has 1 amide bonds. The first-order chi connectivity index (χ1) is 12.2. The van der Waals surface area contributed by atoms with E-state index in [4.69, 9.17) is 4.98 Å². The van der Waals surface area contributed by atoms with Gasteiger partial charge >= 0.3 is 0 Å². The zero-order chi connectivity index (χ0) is 17.2. The van der Waals surface area contributed by atoms with Crippen molar-refractivity contribution in [2.75, 3.05) is 13.6 Å². The first-order valence-corrected chi connectivity index (χ1v) is 8.73. The number of benzene rings is 1. The van der Waals surface area contributed by atoms with E-state index >= 15 is 0 Å². The normalized spacial score (nSPS) is 17.9. The monoisotopic (exact) mass is 334 g/mol. The summed E-state index contributed by atoms with van der Waals surface area (Å²) in [5.41, 5.74) is 2.45. The highest BCUT2D eigenvalue weighted by Crippen LogP contribution is 2.31. The number of fused-ring (bicyclic) bond motifs is 1. The number of hydrogen-bond acceptors (Lipinski definition) is 3. The lowest BCUT2D eigenvalue weighted by Crippen LogP contribution is -2.23. The lowest BCUT2D eigenvalue weighted by atomic mass is 10.2. The van der Waals surface area contributed by atoms with Gasteiger partial charge < -0.3 is 9.72 Å². The smallest absolute Gasteiger partial charge is 0.272 e. The number of hydrogen-bond donors (Lipinski definition) is 1. The maximum absolute atomic E-state index is 12.7. The molecular weight excluding hydrogens is 312 g/mol. The van der Waals surface area contributed by atoms with Crippen molar-refractivity contribution < 1.29 is 4.79 Å². The average Bonchev–Trinajstić information content (AvgIpc) is 3.24. The molecule has 5 heteroatoms. The van der Waals surface area contributed by atoms with Crippen molar-refractivity contribution in [2.24, 2.45) is 0 Å². The van der Waals surface area contributed by atoms with Crippen molar-refractivity contribution >= 4 is 11.4 Å². The molecule has 128 valence electrons. The highest BCUT2D eigenvalue weighted by atomic mass is 16.1. The molecule has 1 aromatic carbocycles. The number of rotatable bonds is 4. The maximum Gasteiger partial charge on any atom is 0.272 e. The second kappa shape index (κ2) is 6.69. The fourth-order valence-electron chi connectivity index (χ4n) is 3.56. The number of carbonyl (C=O) groups is 1. The Labute approximate surface area is 147 Å². The van der Waals surface area contributed by atoms with Gasteiger partial charge in [-0.15, -0.1) is 0 Å². The molecule has 0 spiro atoms. The van der Waals surface area contributed by atoms with Gasteiger partial charge in [-0.05, 0) is 44.1 Å². The Morgan fingerprint density at radius 1 is 1.20 bits per heavy atom. The summed E-state index contributed by atoms with van der Waals surface area (Å²) in [6.07, 6.45) is 4.24. The van der Waals surface area contributed by atoms with E-state index in [9.17, 15) is 4.79 Å². The summed E-state index contributed by atoms with van der Waals surface area (Å²) in [6.45, 7) is 1.58. The summed E-state index contributed by atoms with van der Waals surface area (Å²) in [4.78, 5) is 19.8. The molecule has 1 atom stereocenters. The summed E-state index contributed by atoms with van der Waals surface area (Å²) >= 11 is 0. The number of likely N-dealkylation sites (tertiary alicyclic amines) is 1. The van der Waals surface area contributed by atoms with E-state index in [2.05, 4.69) is 21.7 Å². The minimum absolute atomic E-state index is 0.126. The van der Waals surface area contributed by atoms with Crippen molar-refractivity contribution in [3.05, 3.63) is 71.8 Å². The van der Waals surface area contributed by atoms with Gasteiger partial charge in [0.1, 0.15) is 5.82 Å². The van der Waals surface area contributed by atoms with E-state index in [0.717, 1.165) is 29.9 Å². The van der Waals surface area contributed by atoms with Crippen LogP contribution in [0.25, 0.3) is 5.52 Å². The number of carbonyl (C=O) groups excluding carboxylic acids is 1. The predicted octanol–water partition coefficient (Wildman–Crippen LogP) is 3.03. The Hall–Kier alpha value is -2.66. The molecule has 1 aliphatic rings. The SMILES string of the molecule is CN1CCC[C@@H]1c1nc(C(=O)NCc2ccccc2)c2ccccn12. The topological polar surface area (TPSA) is 49.6 Å². The number of imidazole rings is 1. The quantitative estimate of drug-likeness (QED) is 0.798. The maximum atomic E-state index is 12.7. The molecule has 0 aliphatic carbocycles. The average molecular weight is 334 g/mol. The second-order valence-corrected chi connectivity index (χ2v) is 6.58. The Morgan fingerprint density at radius 3 is 2.76 bits per heavy atom. The second-order valence-electron chi connectivity index (χ2n) is 6.58. The van der Waals surface area contributed by atoms with Crippen molar-refractivity contribution in [2.45, 2.75) is 25.4 Å². The van der Waals surface area contributed by atoms with Gasteiger partial charge in [-0.1, -0.05) is 36.4 Å². The van der Waals surface area contributed by atoms with Crippen LogP contribution in [0.2, 0.25) is 0 Å². The molecule has 0 saturated carbocycles. The van der Waals surface area contributed by atoms with E-state index in [1.807, 2.05) is 54.7 Å². The van der Waals surface area contributed by atoms with Crippen LogP contribution < -0.4 is 5.32 Å². The van der Waals surface area contributed by atoms with Crippen LogP contribution in [0.15, 0.2) is 54.7 Å². The predicted molar refractivity (Wildman–Crippen MR) is 97.4 cm³/mol. The number of nitrogens with zero attached hydrogens (tertiary/aromatic N) is 3. The van der Waals surface area contributed by atoms with E-state index in [1.165, 1.54) is 6.42 Å². The standard InChI is InChI=1S/C20H22N4O/c1-23-12-7-11-17(23)19-22-18(16-10-5-6-13-24(16)19)20(25)21-14-15-8-3-2-4-9-15/h2-6,8-10,13,17H,7,11-12,14H2,1H3,(H,21,25)/t17-/m1/s1. The van der Waals surface area contributed by atoms with Crippen LogP contribution in [0.3, 0.4) is 0 Å². The van der Waals surface area contributed by atoms with Gasteiger partial charge in [0.2, 0.25) is 0 Å². The van der Waals surface area contributed by atoms with E-state index < -0.39 is 0 Å². The molecule has 0 unspecified atom stereocenters. The van der Waals surface area contributed by atoms with Crippen molar-refractivity contribution in [3.8, 4) is 0 Å². The van der Waals surface area contributed by atoms with Crippen LogP contribution in [-0.2, 0) is 6.54 Å².